The van der Waals surface area contributed by atoms with E-state index in [4.69, 9.17) is 0 Å². The number of hydrogen-bond donors (Lipinski definition) is 2. The van der Waals surface area contributed by atoms with E-state index < -0.39 is 0 Å². The summed E-state index contributed by atoms with van der Waals surface area (Å²) in [5, 5.41) is 9.29. The molecule has 0 spiro atoms. The molecule has 1 aromatic heterocycles. The minimum Gasteiger partial charge on any atom is -0.347 e. The first-order valence-electron chi connectivity index (χ1n) is 7.32. The average Bonchev–Trinajstić information content (AvgIpc) is 3.14. The number of hydrogen-bond acceptors (Lipinski definition) is 3. The number of fused-ring (bicyclic) bond motifs is 1. The molecular formula is C17H18N2O2S. The molecule has 3 rings (SSSR count). The highest BCUT2D eigenvalue weighted by Crippen LogP contribution is 2.35. The number of carbonyl (C=O) groups excluding carboxylic acids is 2. The monoisotopic (exact) mass is 314 g/mol. The van der Waals surface area contributed by atoms with E-state index in [1.54, 1.807) is 11.4 Å². The fraction of sp³-hybridized carbons (Fsp3) is 0.294. The van der Waals surface area contributed by atoms with Crippen molar-refractivity contribution >= 4 is 23.2 Å². The summed E-state index contributed by atoms with van der Waals surface area (Å²) < 4.78 is 0. The lowest BCUT2D eigenvalue weighted by Gasteiger charge is -2.19. The van der Waals surface area contributed by atoms with Gasteiger partial charge in [-0.05, 0) is 34.9 Å². The quantitative estimate of drug-likeness (QED) is 0.911. The molecule has 0 saturated heterocycles. The zero-order valence-corrected chi connectivity index (χ0v) is 13.2. The third-order valence-electron chi connectivity index (χ3n) is 4.01. The van der Waals surface area contributed by atoms with Crippen molar-refractivity contribution in [1.82, 2.24) is 10.6 Å². The average molecular weight is 314 g/mol. The second kappa shape index (κ2) is 6.32. The van der Waals surface area contributed by atoms with Crippen LogP contribution < -0.4 is 10.6 Å². The molecule has 2 atom stereocenters. The van der Waals surface area contributed by atoms with Crippen molar-refractivity contribution in [2.45, 2.75) is 19.4 Å². The molecule has 114 valence electrons. The van der Waals surface area contributed by atoms with Gasteiger partial charge in [-0.3, -0.25) is 9.59 Å². The Morgan fingerprint density at radius 2 is 2.09 bits per heavy atom. The molecule has 4 nitrogen and oxygen atoms in total. The van der Waals surface area contributed by atoms with Gasteiger partial charge in [0.25, 0.3) is 5.91 Å². The second-order valence-electron chi connectivity index (χ2n) is 5.62. The first kappa shape index (κ1) is 14.8. The van der Waals surface area contributed by atoms with Gasteiger partial charge in [-0.25, -0.2) is 0 Å². The van der Waals surface area contributed by atoms with E-state index >= 15 is 0 Å². The summed E-state index contributed by atoms with van der Waals surface area (Å²) in [7, 11) is 0. The van der Waals surface area contributed by atoms with E-state index in [0.29, 0.717) is 11.5 Å². The number of amides is 2. The van der Waals surface area contributed by atoms with Crippen molar-refractivity contribution in [3.05, 3.63) is 57.8 Å². The first-order chi connectivity index (χ1) is 10.6. The Hall–Kier alpha value is -2.14. The third kappa shape index (κ3) is 3.04. The van der Waals surface area contributed by atoms with Gasteiger partial charge in [-0.2, -0.15) is 11.3 Å². The molecule has 0 aliphatic heterocycles. The van der Waals surface area contributed by atoms with E-state index in [1.807, 2.05) is 17.5 Å². The Labute approximate surface area is 133 Å². The highest BCUT2D eigenvalue weighted by molar-refractivity contribution is 7.08. The predicted molar refractivity (Wildman–Crippen MR) is 86.8 cm³/mol. The number of nitrogens with one attached hydrogen (secondary N) is 2. The van der Waals surface area contributed by atoms with Gasteiger partial charge in [0.05, 0.1) is 12.6 Å². The van der Waals surface area contributed by atoms with Crippen LogP contribution in [-0.2, 0) is 11.2 Å². The molecule has 1 aliphatic carbocycles. The smallest absolute Gasteiger partial charge is 0.252 e. The maximum absolute atomic E-state index is 12.1. The van der Waals surface area contributed by atoms with Crippen molar-refractivity contribution in [1.29, 1.82) is 0 Å². The van der Waals surface area contributed by atoms with Crippen molar-refractivity contribution in [2.24, 2.45) is 5.92 Å². The summed E-state index contributed by atoms with van der Waals surface area (Å²) in [4.78, 5) is 23.9. The zero-order chi connectivity index (χ0) is 15.5. The third-order valence-corrected chi connectivity index (χ3v) is 4.69. The van der Waals surface area contributed by atoms with Gasteiger partial charge in [0.15, 0.2) is 0 Å². The van der Waals surface area contributed by atoms with Crippen LogP contribution in [0.1, 0.15) is 34.5 Å². The van der Waals surface area contributed by atoms with Gasteiger partial charge in [0, 0.05) is 10.9 Å². The molecule has 1 heterocycles. The van der Waals surface area contributed by atoms with Crippen LogP contribution in [0, 0.1) is 5.92 Å². The van der Waals surface area contributed by atoms with E-state index in [1.165, 1.54) is 22.5 Å². The SMILES string of the molecule is C[C@@H]1Cc2ccccc2[C@H]1NC(=O)CNC(=O)c1ccsc1. The zero-order valence-electron chi connectivity index (χ0n) is 12.3. The lowest BCUT2D eigenvalue weighted by molar-refractivity contribution is -0.121. The molecule has 1 aromatic carbocycles. The molecule has 0 bridgehead atoms. The largest absolute Gasteiger partial charge is 0.347 e. The van der Waals surface area contributed by atoms with Crippen LogP contribution in [0.5, 0.6) is 0 Å². The Morgan fingerprint density at radius 1 is 1.27 bits per heavy atom. The maximum atomic E-state index is 12.1. The molecule has 22 heavy (non-hydrogen) atoms. The molecular weight excluding hydrogens is 296 g/mol. The van der Waals surface area contributed by atoms with Crippen LogP contribution in [0.2, 0.25) is 0 Å². The molecule has 2 N–H and O–H groups in total. The Bertz CT molecular complexity index is 682. The van der Waals surface area contributed by atoms with Gasteiger partial charge < -0.3 is 10.6 Å². The number of rotatable bonds is 4. The molecule has 5 heteroatoms. The van der Waals surface area contributed by atoms with Gasteiger partial charge in [-0.1, -0.05) is 31.2 Å². The van der Waals surface area contributed by atoms with E-state index in [0.717, 1.165) is 6.42 Å². The van der Waals surface area contributed by atoms with Gasteiger partial charge in [0.2, 0.25) is 5.91 Å². The highest BCUT2D eigenvalue weighted by Gasteiger charge is 2.30. The summed E-state index contributed by atoms with van der Waals surface area (Å²) in [6.07, 6.45) is 0.975. The molecule has 1 aliphatic rings. The van der Waals surface area contributed by atoms with Gasteiger partial charge >= 0.3 is 0 Å². The number of benzene rings is 1. The van der Waals surface area contributed by atoms with Crippen molar-refractivity contribution in [2.75, 3.05) is 6.54 Å². The van der Waals surface area contributed by atoms with Crippen LogP contribution >= 0.6 is 11.3 Å². The number of carbonyl (C=O) groups is 2. The lowest BCUT2D eigenvalue weighted by atomic mass is 10.0. The Kier molecular flexibility index (Phi) is 4.24. The van der Waals surface area contributed by atoms with Crippen molar-refractivity contribution < 1.29 is 9.59 Å². The van der Waals surface area contributed by atoms with Crippen molar-refractivity contribution in [3.8, 4) is 0 Å². The van der Waals surface area contributed by atoms with Crippen LogP contribution in [0.15, 0.2) is 41.1 Å². The molecule has 2 amide bonds. The normalized spacial score (nSPS) is 19.5. The standard InChI is InChI=1S/C17H18N2O2S/c1-11-8-12-4-2-3-5-14(12)16(11)19-15(20)9-18-17(21)13-6-7-22-10-13/h2-7,10-11,16H,8-9H2,1H3,(H,18,21)(H,19,20)/t11-,16+/m1/s1. The fourth-order valence-electron chi connectivity index (χ4n) is 2.90. The molecule has 0 radical (unpaired) electrons. The van der Waals surface area contributed by atoms with Gasteiger partial charge in [-0.15, -0.1) is 0 Å². The Balaban J connectivity index is 1.57. The minimum absolute atomic E-state index is 0.0000664. The second-order valence-corrected chi connectivity index (χ2v) is 6.40. The van der Waals surface area contributed by atoms with Crippen LogP contribution in [-0.4, -0.2) is 18.4 Å². The number of thiophene rings is 1. The first-order valence-corrected chi connectivity index (χ1v) is 8.27. The van der Waals surface area contributed by atoms with Crippen LogP contribution in [0.4, 0.5) is 0 Å². The predicted octanol–water partition coefficient (Wildman–Crippen LogP) is 2.53. The highest BCUT2D eigenvalue weighted by atomic mass is 32.1. The fourth-order valence-corrected chi connectivity index (χ4v) is 3.53. The van der Waals surface area contributed by atoms with E-state index in [2.05, 4.69) is 29.7 Å². The van der Waals surface area contributed by atoms with Gasteiger partial charge in [0.1, 0.15) is 0 Å². The van der Waals surface area contributed by atoms with E-state index in [9.17, 15) is 9.59 Å². The van der Waals surface area contributed by atoms with Crippen molar-refractivity contribution in [3.63, 3.8) is 0 Å². The Morgan fingerprint density at radius 3 is 2.86 bits per heavy atom. The molecule has 0 saturated carbocycles. The van der Waals surface area contributed by atoms with Crippen LogP contribution in [0.25, 0.3) is 0 Å². The topological polar surface area (TPSA) is 58.2 Å². The minimum atomic E-state index is -0.212. The summed E-state index contributed by atoms with van der Waals surface area (Å²) in [5.74, 6) is 0.00216. The summed E-state index contributed by atoms with van der Waals surface area (Å²) >= 11 is 1.46. The summed E-state index contributed by atoms with van der Waals surface area (Å²) in [5.41, 5.74) is 3.08. The summed E-state index contributed by atoms with van der Waals surface area (Å²) in [6.45, 7) is 2.13. The lowest BCUT2D eigenvalue weighted by Crippen LogP contribution is -2.39. The summed E-state index contributed by atoms with van der Waals surface area (Å²) in [6, 6.07) is 9.96. The maximum Gasteiger partial charge on any atom is 0.252 e. The molecule has 0 fully saturated rings. The van der Waals surface area contributed by atoms with E-state index in [-0.39, 0.29) is 24.4 Å². The molecule has 2 aromatic rings. The molecule has 0 unspecified atom stereocenters. The van der Waals surface area contributed by atoms with Crippen LogP contribution in [0.3, 0.4) is 0 Å².